The quantitative estimate of drug-likeness (QED) is 0.813. The lowest BCUT2D eigenvalue weighted by molar-refractivity contribution is 0.414. The number of ether oxygens (including phenoxy) is 1. The summed E-state index contributed by atoms with van der Waals surface area (Å²) >= 11 is 0. The Labute approximate surface area is 105 Å². The normalized spacial score (nSPS) is 11.9. The molecule has 0 radical (unpaired) electrons. The third-order valence-electron chi connectivity index (χ3n) is 2.77. The van der Waals surface area contributed by atoms with Crippen LogP contribution < -0.4 is 10.1 Å². The number of methoxy groups -OCH3 is 1. The second-order valence-electron chi connectivity index (χ2n) is 4.43. The molecule has 0 aliphatic carbocycles. The van der Waals surface area contributed by atoms with Crippen LogP contribution in [0.2, 0.25) is 0 Å². The molecule has 1 aromatic rings. The minimum atomic E-state index is 0.556. The molecule has 2 heteroatoms. The molecule has 0 aliphatic heterocycles. The van der Waals surface area contributed by atoms with E-state index in [4.69, 9.17) is 4.74 Å². The van der Waals surface area contributed by atoms with Crippen LogP contribution in [0.5, 0.6) is 5.75 Å². The molecule has 0 fully saturated rings. The molecule has 1 rings (SSSR count). The number of benzene rings is 1. The summed E-state index contributed by atoms with van der Waals surface area (Å²) in [6, 6.07) is 8.16. The molecule has 0 bridgehead atoms. The molecule has 0 aromatic heterocycles. The van der Waals surface area contributed by atoms with E-state index in [0.29, 0.717) is 5.92 Å². The van der Waals surface area contributed by atoms with Gasteiger partial charge < -0.3 is 10.1 Å². The van der Waals surface area contributed by atoms with E-state index in [-0.39, 0.29) is 0 Å². The lowest BCUT2D eigenvalue weighted by atomic mass is 10.00. The molecule has 1 N–H and O–H groups in total. The number of rotatable bonds is 6. The van der Waals surface area contributed by atoms with Crippen molar-refractivity contribution in [3.63, 3.8) is 0 Å². The Morgan fingerprint density at radius 2 is 2.18 bits per heavy atom. The van der Waals surface area contributed by atoms with Gasteiger partial charge in [-0.3, -0.25) is 0 Å². The lowest BCUT2D eigenvalue weighted by Gasteiger charge is -2.12. The summed E-state index contributed by atoms with van der Waals surface area (Å²) in [6.45, 7) is 8.53. The van der Waals surface area contributed by atoms with E-state index in [0.717, 1.165) is 18.8 Å². The molecular weight excluding hydrogens is 210 g/mol. The maximum atomic E-state index is 5.23. The first-order chi connectivity index (χ1) is 8.17. The van der Waals surface area contributed by atoms with Crippen LogP contribution in [0.4, 0.5) is 0 Å². The summed E-state index contributed by atoms with van der Waals surface area (Å²) in [5, 5.41) is 3.38. The van der Waals surface area contributed by atoms with E-state index in [1.807, 2.05) is 12.1 Å². The first kappa shape index (κ1) is 13.8. The Bertz CT molecular complexity index is 369. The molecule has 94 valence electrons. The van der Waals surface area contributed by atoms with Crippen LogP contribution in [0.3, 0.4) is 0 Å². The third kappa shape index (κ3) is 4.61. The van der Waals surface area contributed by atoms with Crippen LogP contribution in [-0.2, 0) is 0 Å². The van der Waals surface area contributed by atoms with Crippen molar-refractivity contribution in [2.45, 2.75) is 20.8 Å². The Morgan fingerprint density at radius 1 is 1.41 bits per heavy atom. The summed E-state index contributed by atoms with van der Waals surface area (Å²) < 4.78 is 5.23. The van der Waals surface area contributed by atoms with E-state index in [1.54, 1.807) is 7.11 Å². The fourth-order valence-electron chi connectivity index (χ4n) is 1.64. The van der Waals surface area contributed by atoms with Crippen molar-refractivity contribution >= 4 is 6.08 Å². The van der Waals surface area contributed by atoms with Crippen molar-refractivity contribution in [1.29, 1.82) is 0 Å². The van der Waals surface area contributed by atoms with Crippen LogP contribution in [0.1, 0.15) is 26.3 Å². The predicted molar refractivity (Wildman–Crippen MR) is 74.4 cm³/mol. The van der Waals surface area contributed by atoms with E-state index < -0.39 is 0 Å². The van der Waals surface area contributed by atoms with Gasteiger partial charge >= 0.3 is 0 Å². The summed E-state index contributed by atoms with van der Waals surface area (Å²) in [6.07, 6.45) is 2.25. The van der Waals surface area contributed by atoms with Gasteiger partial charge in [0.15, 0.2) is 0 Å². The van der Waals surface area contributed by atoms with Gasteiger partial charge in [0.05, 0.1) is 7.11 Å². The van der Waals surface area contributed by atoms with Crippen molar-refractivity contribution < 1.29 is 4.74 Å². The molecule has 0 unspecified atom stereocenters. The standard InChI is InChI=1S/C15H23NO/c1-5-16-11-14(12(2)3)9-13-7-6-8-15(10-13)17-4/h6-10,12,16H,5,11H2,1-4H3. The molecule has 0 amide bonds. The van der Waals surface area contributed by atoms with Crippen LogP contribution >= 0.6 is 0 Å². The second kappa shape index (κ2) is 7.13. The monoisotopic (exact) mass is 233 g/mol. The lowest BCUT2D eigenvalue weighted by Crippen LogP contribution is -2.18. The van der Waals surface area contributed by atoms with Gasteiger partial charge in [-0.15, -0.1) is 0 Å². The molecule has 0 saturated heterocycles. The number of nitrogens with one attached hydrogen (secondary N) is 1. The minimum absolute atomic E-state index is 0.556. The average molecular weight is 233 g/mol. The zero-order valence-electron chi connectivity index (χ0n) is 11.3. The van der Waals surface area contributed by atoms with Crippen molar-refractivity contribution in [3.05, 3.63) is 35.4 Å². The fraction of sp³-hybridized carbons (Fsp3) is 0.467. The first-order valence-corrected chi connectivity index (χ1v) is 6.22. The summed E-state index contributed by atoms with van der Waals surface area (Å²) in [7, 11) is 1.70. The van der Waals surface area contributed by atoms with Crippen LogP contribution in [0.25, 0.3) is 6.08 Å². The van der Waals surface area contributed by atoms with Gasteiger partial charge in [0, 0.05) is 6.54 Å². The SMILES string of the molecule is CCNCC(=Cc1cccc(OC)c1)C(C)C. The predicted octanol–water partition coefficient (Wildman–Crippen LogP) is 3.34. The maximum Gasteiger partial charge on any atom is 0.119 e. The number of likely N-dealkylation sites (N-methyl/N-ethyl adjacent to an activating group) is 1. The Morgan fingerprint density at radius 3 is 2.76 bits per heavy atom. The van der Waals surface area contributed by atoms with E-state index in [1.165, 1.54) is 11.1 Å². The summed E-state index contributed by atoms with van der Waals surface area (Å²) in [5.74, 6) is 1.46. The summed E-state index contributed by atoms with van der Waals surface area (Å²) in [5.41, 5.74) is 2.62. The van der Waals surface area contributed by atoms with Crippen molar-refractivity contribution in [3.8, 4) is 5.75 Å². The number of hydrogen-bond donors (Lipinski definition) is 1. The zero-order chi connectivity index (χ0) is 12.7. The van der Waals surface area contributed by atoms with Crippen molar-refractivity contribution in [2.75, 3.05) is 20.2 Å². The molecule has 0 heterocycles. The molecule has 1 aromatic carbocycles. The fourth-order valence-corrected chi connectivity index (χ4v) is 1.64. The second-order valence-corrected chi connectivity index (χ2v) is 4.43. The van der Waals surface area contributed by atoms with Crippen LogP contribution in [-0.4, -0.2) is 20.2 Å². The van der Waals surface area contributed by atoms with Gasteiger partial charge in [0.2, 0.25) is 0 Å². The Hall–Kier alpha value is -1.28. The maximum absolute atomic E-state index is 5.23. The molecule has 0 saturated carbocycles. The molecule has 2 nitrogen and oxygen atoms in total. The van der Waals surface area contributed by atoms with Gasteiger partial charge in [0.25, 0.3) is 0 Å². The van der Waals surface area contributed by atoms with Crippen molar-refractivity contribution in [1.82, 2.24) is 5.32 Å². The highest BCUT2D eigenvalue weighted by molar-refractivity contribution is 5.55. The van der Waals surface area contributed by atoms with Gasteiger partial charge in [-0.1, -0.05) is 44.6 Å². The van der Waals surface area contributed by atoms with E-state index in [2.05, 4.69) is 44.3 Å². The van der Waals surface area contributed by atoms with Crippen molar-refractivity contribution in [2.24, 2.45) is 5.92 Å². The Kier molecular flexibility index (Phi) is 5.78. The largest absolute Gasteiger partial charge is 0.497 e. The van der Waals surface area contributed by atoms with Gasteiger partial charge in [-0.05, 0) is 30.2 Å². The van der Waals surface area contributed by atoms with Gasteiger partial charge in [-0.25, -0.2) is 0 Å². The minimum Gasteiger partial charge on any atom is -0.497 e. The summed E-state index contributed by atoms with van der Waals surface area (Å²) in [4.78, 5) is 0. The van der Waals surface area contributed by atoms with Gasteiger partial charge in [0.1, 0.15) is 5.75 Å². The van der Waals surface area contributed by atoms with E-state index >= 15 is 0 Å². The molecule has 0 aliphatic rings. The molecule has 0 spiro atoms. The smallest absolute Gasteiger partial charge is 0.119 e. The topological polar surface area (TPSA) is 21.3 Å². The van der Waals surface area contributed by atoms with Crippen LogP contribution in [0, 0.1) is 5.92 Å². The number of hydrogen-bond acceptors (Lipinski definition) is 2. The zero-order valence-corrected chi connectivity index (χ0v) is 11.3. The highest BCUT2D eigenvalue weighted by Crippen LogP contribution is 2.18. The average Bonchev–Trinajstić information content (AvgIpc) is 2.34. The van der Waals surface area contributed by atoms with Gasteiger partial charge in [-0.2, -0.15) is 0 Å². The van der Waals surface area contributed by atoms with Crippen LogP contribution in [0.15, 0.2) is 29.8 Å². The third-order valence-corrected chi connectivity index (χ3v) is 2.77. The van der Waals surface area contributed by atoms with E-state index in [9.17, 15) is 0 Å². The molecule has 17 heavy (non-hydrogen) atoms. The molecular formula is C15H23NO. The Balaban J connectivity index is 2.87. The molecule has 0 atom stereocenters. The first-order valence-electron chi connectivity index (χ1n) is 6.22. The highest BCUT2D eigenvalue weighted by atomic mass is 16.5. The highest BCUT2D eigenvalue weighted by Gasteiger charge is 2.03.